The second-order valence-electron chi connectivity index (χ2n) is 12.0. The molecule has 0 fully saturated rings. The van der Waals surface area contributed by atoms with Gasteiger partial charge in [0.15, 0.2) is 0 Å². The number of alkyl halides is 3. The van der Waals surface area contributed by atoms with Crippen LogP contribution in [0, 0.1) is 5.82 Å². The van der Waals surface area contributed by atoms with Crippen LogP contribution in [0.25, 0.3) is 21.1 Å². The van der Waals surface area contributed by atoms with Gasteiger partial charge in [0.05, 0.1) is 30.5 Å². The molecule has 4 N–H and O–H groups in total. The number of aromatic nitrogens is 2. The molecule has 2 atom stereocenters. The zero-order valence-electron chi connectivity index (χ0n) is 29.0. The lowest BCUT2D eigenvalue weighted by Crippen LogP contribution is -2.32. The highest BCUT2D eigenvalue weighted by Crippen LogP contribution is 2.36. The first-order chi connectivity index (χ1) is 27.1. The Morgan fingerprint density at radius 3 is 1.53 bits per heavy atom. The molecule has 18 heteroatoms. The first-order valence-electron chi connectivity index (χ1n) is 16.5. The number of thiazole rings is 2. The normalized spacial score (nSPS) is 12.1. The van der Waals surface area contributed by atoms with Crippen LogP contribution < -0.4 is 10.6 Å². The second kappa shape index (κ2) is 19.0. The number of aliphatic carboxylic acids is 2. The smallest absolute Gasteiger partial charge is 0.416 e. The third-order valence-corrected chi connectivity index (χ3v) is 10.2. The zero-order valence-corrected chi connectivity index (χ0v) is 32.1. The summed E-state index contributed by atoms with van der Waals surface area (Å²) in [7, 11) is 0. The van der Waals surface area contributed by atoms with E-state index in [1.165, 1.54) is 47.0 Å². The van der Waals surface area contributed by atoms with E-state index in [-0.39, 0.29) is 22.5 Å². The van der Waals surface area contributed by atoms with E-state index >= 15 is 0 Å². The number of hydrogen-bond acceptors (Lipinski definition) is 8. The molecule has 294 valence electrons. The Kier molecular flexibility index (Phi) is 14.1. The average Bonchev–Trinajstić information content (AvgIpc) is 3.86. The third-order valence-electron chi connectivity index (χ3n) is 7.91. The van der Waals surface area contributed by atoms with Crippen molar-refractivity contribution in [2.75, 3.05) is 0 Å². The van der Waals surface area contributed by atoms with E-state index in [1.807, 2.05) is 6.07 Å². The summed E-state index contributed by atoms with van der Waals surface area (Å²) in [6.07, 6.45) is -5.86. The van der Waals surface area contributed by atoms with Gasteiger partial charge in [0.25, 0.3) is 11.8 Å². The minimum absolute atomic E-state index is 0.0325. The minimum atomic E-state index is -4.70. The summed E-state index contributed by atoms with van der Waals surface area (Å²) in [6.45, 7) is 0. The minimum Gasteiger partial charge on any atom is -0.481 e. The summed E-state index contributed by atoms with van der Waals surface area (Å²) in [6, 6.07) is 21.8. The lowest BCUT2D eigenvalue weighted by molar-refractivity contribution is -0.140. The van der Waals surface area contributed by atoms with Crippen LogP contribution in [0.3, 0.4) is 0 Å². The van der Waals surface area contributed by atoms with Crippen molar-refractivity contribution in [3.63, 3.8) is 0 Å². The molecule has 0 spiro atoms. The Morgan fingerprint density at radius 2 is 1.09 bits per heavy atom. The van der Waals surface area contributed by atoms with Crippen LogP contribution in [0.1, 0.15) is 62.6 Å². The predicted octanol–water partition coefficient (Wildman–Crippen LogP) is 9.98. The maximum absolute atomic E-state index is 14.0. The molecular weight excluding hydrogens is 831 g/mol. The van der Waals surface area contributed by atoms with Gasteiger partial charge in [-0.3, -0.25) is 19.2 Å². The van der Waals surface area contributed by atoms with Gasteiger partial charge in [0.1, 0.15) is 27.2 Å². The molecule has 2 amide bonds. The number of nitrogens with zero attached hydrogens (tertiary/aromatic N) is 2. The standard InChI is InChI=1S/C20H14ClF3N2O3S.C19H14ClFN2O3S/c21-12-5-3-4-11(8-12)19-26-16(10-30-19)18(29)25-15(9-17(27)28)13-6-1-2-7-14(13)20(22,23)24;20-12-5-3-4-11(8-12)19-23-16(10-27-19)18(26)22-15(9-17(24)25)13-6-1-2-7-14(13)21/h1-8,10,15H,9H2,(H,25,29)(H,27,28);1-8,10,15H,9H2,(H,22,26)(H,24,25)/t2*15-/m00/s1. The highest BCUT2D eigenvalue weighted by molar-refractivity contribution is 7.13. The van der Waals surface area contributed by atoms with Crippen molar-refractivity contribution in [3.8, 4) is 21.1 Å². The van der Waals surface area contributed by atoms with Crippen LogP contribution in [0.2, 0.25) is 10.0 Å². The molecule has 0 saturated heterocycles. The molecule has 6 rings (SSSR count). The van der Waals surface area contributed by atoms with E-state index in [2.05, 4.69) is 20.6 Å². The third kappa shape index (κ3) is 11.7. The Morgan fingerprint density at radius 1 is 0.649 bits per heavy atom. The maximum atomic E-state index is 14.0. The highest BCUT2D eigenvalue weighted by Gasteiger charge is 2.36. The van der Waals surface area contributed by atoms with Crippen LogP contribution in [-0.2, 0) is 15.8 Å². The lowest BCUT2D eigenvalue weighted by Gasteiger charge is -2.21. The maximum Gasteiger partial charge on any atom is 0.416 e. The van der Waals surface area contributed by atoms with Gasteiger partial charge < -0.3 is 20.8 Å². The lowest BCUT2D eigenvalue weighted by atomic mass is 9.97. The Labute approximate surface area is 339 Å². The highest BCUT2D eigenvalue weighted by atomic mass is 35.5. The van der Waals surface area contributed by atoms with E-state index in [1.54, 1.807) is 53.9 Å². The van der Waals surface area contributed by atoms with Gasteiger partial charge in [-0.2, -0.15) is 13.2 Å². The van der Waals surface area contributed by atoms with Crippen molar-refractivity contribution in [2.45, 2.75) is 31.1 Å². The first-order valence-corrected chi connectivity index (χ1v) is 19.0. The van der Waals surface area contributed by atoms with E-state index in [0.29, 0.717) is 25.6 Å². The van der Waals surface area contributed by atoms with Gasteiger partial charge in [0, 0.05) is 37.5 Å². The largest absolute Gasteiger partial charge is 0.481 e. The second-order valence-corrected chi connectivity index (χ2v) is 14.5. The number of hydrogen-bond donors (Lipinski definition) is 4. The summed E-state index contributed by atoms with van der Waals surface area (Å²) in [5, 5.41) is 28.3. The van der Waals surface area contributed by atoms with Crippen LogP contribution >= 0.6 is 45.9 Å². The molecule has 0 radical (unpaired) electrons. The van der Waals surface area contributed by atoms with Gasteiger partial charge in [0.2, 0.25) is 0 Å². The van der Waals surface area contributed by atoms with Gasteiger partial charge in [-0.05, 0) is 42.0 Å². The molecule has 0 aliphatic carbocycles. The van der Waals surface area contributed by atoms with Gasteiger partial charge in [-0.25, -0.2) is 14.4 Å². The monoisotopic (exact) mass is 858 g/mol. The zero-order chi connectivity index (χ0) is 41.3. The number of rotatable bonds is 12. The molecule has 0 saturated carbocycles. The fourth-order valence-corrected chi connectivity index (χ4v) is 7.35. The molecular formula is C39H28Cl2F4N4O6S2. The van der Waals surface area contributed by atoms with Crippen LogP contribution in [-0.4, -0.2) is 43.9 Å². The van der Waals surface area contributed by atoms with Crippen molar-refractivity contribution >= 4 is 69.6 Å². The summed E-state index contributed by atoms with van der Waals surface area (Å²) in [4.78, 5) is 56.0. The Bertz CT molecular complexity index is 2410. The van der Waals surface area contributed by atoms with Crippen molar-refractivity contribution < 1.29 is 47.0 Å². The van der Waals surface area contributed by atoms with Crippen molar-refractivity contribution in [1.82, 2.24) is 20.6 Å². The number of carboxylic acid groups (broad SMARTS) is 2. The van der Waals surface area contributed by atoms with E-state index in [4.69, 9.17) is 33.4 Å². The molecule has 2 heterocycles. The molecule has 2 aromatic heterocycles. The number of carboxylic acids is 2. The molecule has 4 aromatic carbocycles. The molecule has 57 heavy (non-hydrogen) atoms. The van der Waals surface area contributed by atoms with Gasteiger partial charge >= 0.3 is 18.1 Å². The van der Waals surface area contributed by atoms with Crippen LogP contribution in [0.4, 0.5) is 17.6 Å². The SMILES string of the molecule is O=C(O)C[C@H](NC(=O)c1csc(-c2cccc(Cl)c2)n1)c1ccccc1C(F)(F)F.O=C(O)C[C@H](NC(=O)c1csc(-c2cccc(Cl)c2)n1)c1ccccc1F. The fraction of sp³-hybridized carbons (Fsp3) is 0.128. The van der Waals surface area contributed by atoms with E-state index in [9.17, 15) is 36.7 Å². The molecule has 10 nitrogen and oxygen atoms in total. The average molecular weight is 860 g/mol. The summed E-state index contributed by atoms with van der Waals surface area (Å²) < 4.78 is 54.1. The number of carbonyl (C=O) groups excluding carboxylic acids is 2. The number of benzene rings is 4. The Hall–Kier alpha value is -5.68. The summed E-state index contributed by atoms with van der Waals surface area (Å²) in [5.74, 6) is -4.43. The molecule has 0 unspecified atom stereocenters. The molecule has 0 aliphatic heterocycles. The molecule has 6 aromatic rings. The number of halogens is 6. The van der Waals surface area contributed by atoms with Crippen molar-refractivity contribution in [2.24, 2.45) is 0 Å². The first kappa shape index (κ1) is 42.5. The Balaban J connectivity index is 0.000000219. The van der Waals surface area contributed by atoms with Crippen LogP contribution in [0.5, 0.6) is 0 Å². The quantitative estimate of drug-likeness (QED) is 0.0886. The number of nitrogens with one attached hydrogen (secondary N) is 2. The van der Waals surface area contributed by atoms with Crippen molar-refractivity contribution in [1.29, 1.82) is 0 Å². The topological polar surface area (TPSA) is 159 Å². The predicted molar refractivity (Wildman–Crippen MR) is 208 cm³/mol. The summed E-state index contributed by atoms with van der Waals surface area (Å²) in [5.41, 5.74) is 0.314. The fourth-order valence-electron chi connectivity index (χ4n) is 5.37. The van der Waals surface area contributed by atoms with E-state index in [0.717, 1.165) is 29.0 Å². The summed E-state index contributed by atoms with van der Waals surface area (Å²) >= 11 is 14.3. The van der Waals surface area contributed by atoms with E-state index < -0.39 is 66.2 Å². The van der Waals surface area contributed by atoms with Gasteiger partial charge in [-0.15, -0.1) is 22.7 Å². The van der Waals surface area contributed by atoms with Crippen LogP contribution in [0.15, 0.2) is 108 Å². The molecule has 0 aliphatic rings. The number of amides is 2. The van der Waals surface area contributed by atoms with Crippen molar-refractivity contribution in [3.05, 3.63) is 152 Å². The van der Waals surface area contributed by atoms with Gasteiger partial charge in [-0.1, -0.05) is 83.9 Å². The molecule has 0 bridgehead atoms. The number of carbonyl (C=O) groups is 4.